The summed E-state index contributed by atoms with van der Waals surface area (Å²) in [5.41, 5.74) is 1.17. The van der Waals surface area contributed by atoms with Crippen molar-refractivity contribution in [2.24, 2.45) is 11.8 Å². The van der Waals surface area contributed by atoms with Crippen LogP contribution in [0.3, 0.4) is 0 Å². The average Bonchev–Trinajstić information content (AvgIpc) is 3.04. The number of nitrogens with one attached hydrogen (secondary N) is 1. The highest BCUT2D eigenvalue weighted by Crippen LogP contribution is 2.32. The minimum Gasteiger partial charge on any atom is -0.481 e. The summed E-state index contributed by atoms with van der Waals surface area (Å²) in [4.78, 5) is 19.4. The molecule has 3 rings (SSSR count). The molecule has 1 aliphatic carbocycles. The largest absolute Gasteiger partial charge is 0.481 e. The van der Waals surface area contributed by atoms with Gasteiger partial charge in [0, 0.05) is 6.54 Å². The molecule has 0 aliphatic heterocycles. The maximum Gasteiger partial charge on any atom is 0.306 e. The molecule has 20 heavy (non-hydrogen) atoms. The number of carbonyl (C=O) groups is 1. The fraction of sp³-hybridized carbons (Fsp3) is 0.538. The zero-order valence-electron chi connectivity index (χ0n) is 11.2. The fourth-order valence-corrected chi connectivity index (χ4v) is 2.89. The van der Waals surface area contributed by atoms with Crippen LogP contribution in [0.25, 0.3) is 11.1 Å². The maximum absolute atomic E-state index is 11.2. The minimum atomic E-state index is -0.705. The standard InChI is InChI=1S/C13H16N4O3/c1-7-10-11(15-6-16-12(10)20-17-7)14-5-8-3-2-4-9(8)13(18)19/h6,8-9H,2-5H2,1H3,(H,18,19)(H,14,15,16). The molecule has 1 fully saturated rings. The van der Waals surface area contributed by atoms with E-state index in [9.17, 15) is 9.90 Å². The predicted molar refractivity (Wildman–Crippen MR) is 71.3 cm³/mol. The van der Waals surface area contributed by atoms with Crippen molar-refractivity contribution >= 4 is 22.9 Å². The molecule has 0 saturated heterocycles. The molecule has 2 aromatic heterocycles. The lowest BCUT2D eigenvalue weighted by Crippen LogP contribution is -2.24. The number of anilines is 1. The van der Waals surface area contributed by atoms with Gasteiger partial charge >= 0.3 is 5.97 Å². The Hall–Kier alpha value is -2.18. The molecular formula is C13H16N4O3. The molecule has 7 nitrogen and oxygen atoms in total. The first-order valence-electron chi connectivity index (χ1n) is 6.70. The summed E-state index contributed by atoms with van der Waals surface area (Å²) in [7, 11) is 0. The lowest BCUT2D eigenvalue weighted by molar-refractivity contribution is -0.142. The van der Waals surface area contributed by atoms with Gasteiger partial charge in [-0.15, -0.1) is 0 Å². The van der Waals surface area contributed by atoms with E-state index in [2.05, 4.69) is 20.4 Å². The fourth-order valence-electron chi connectivity index (χ4n) is 2.89. The van der Waals surface area contributed by atoms with Gasteiger partial charge in [-0.2, -0.15) is 4.98 Å². The van der Waals surface area contributed by atoms with E-state index in [-0.39, 0.29) is 11.8 Å². The normalized spacial score (nSPS) is 22.2. The van der Waals surface area contributed by atoms with Crippen LogP contribution in [-0.2, 0) is 4.79 Å². The van der Waals surface area contributed by atoms with E-state index in [1.807, 2.05) is 6.92 Å². The molecule has 0 bridgehead atoms. The van der Waals surface area contributed by atoms with Crippen LogP contribution in [0.2, 0.25) is 0 Å². The number of aliphatic carboxylic acids is 1. The second-order valence-electron chi connectivity index (χ2n) is 5.19. The van der Waals surface area contributed by atoms with E-state index in [1.165, 1.54) is 6.33 Å². The van der Waals surface area contributed by atoms with Crippen molar-refractivity contribution in [2.45, 2.75) is 26.2 Å². The van der Waals surface area contributed by atoms with Gasteiger partial charge in [0.25, 0.3) is 5.71 Å². The number of hydrogen-bond donors (Lipinski definition) is 2. The second-order valence-corrected chi connectivity index (χ2v) is 5.19. The van der Waals surface area contributed by atoms with E-state index in [0.29, 0.717) is 18.1 Å². The van der Waals surface area contributed by atoms with Crippen LogP contribution in [0, 0.1) is 18.8 Å². The summed E-state index contributed by atoms with van der Waals surface area (Å²) in [6, 6.07) is 0. The Morgan fingerprint density at radius 1 is 1.50 bits per heavy atom. The van der Waals surface area contributed by atoms with Gasteiger partial charge in [-0.1, -0.05) is 11.6 Å². The molecule has 1 saturated carbocycles. The lowest BCUT2D eigenvalue weighted by atomic mass is 9.96. The van der Waals surface area contributed by atoms with Crippen LogP contribution in [0.15, 0.2) is 10.9 Å². The Balaban J connectivity index is 1.77. The summed E-state index contributed by atoms with van der Waals surface area (Å²) in [6.07, 6.45) is 4.07. The minimum absolute atomic E-state index is 0.137. The molecular weight excluding hydrogens is 260 g/mol. The Labute approximate surface area is 115 Å². The predicted octanol–water partition coefficient (Wildman–Crippen LogP) is 1.84. The summed E-state index contributed by atoms with van der Waals surface area (Å²) >= 11 is 0. The van der Waals surface area contributed by atoms with Crippen molar-refractivity contribution in [1.82, 2.24) is 15.1 Å². The highest BCUT2D eigenvalue weighted by atomic mass is 16.5. The number of carboxylic acids is 1. The van der Waals surface area contributed by atoms with Gasteiger partial charge in [0.1, 0.15) is 17.5 Å². The number of aromatic nitrogens is 3. The molecule has 0 radical (unpaired) electrons. The van der Waals surface area contributed by atoms with Crippen molar-refractivity contribution < 1.29 is 14.4 Å². The van der Waals surface area contributed by atoms with Crippen LogP contribution in [-0.4, -0.2) is 32.7 Å². The highest BCUT2D eigenvalue weighted by Gasteiger charge is 2.32. The SMILES string of the molecule is Cc1noc2ncnc(NCC3CCCC3C(=O)O)c12. The van der Waals surface area contributed by atoms with Crippen LogP contribution in [0.4, 0.5) is 5.82 Å². The lowest BCUT2D eigenvalue weighted by Gasteiger charge is -2.16. The Kier molecular flexibility index (Phi) is 3.25. The zero-order chi connectivity index (χ0) is 14.1. The molecule has 7 heteroatoms. The number of nitrogens with zero attached hydrogens (tertiary/aromatic N) is 3. The van der Waals surface area contributed by atoms with Gasteiger partial charge in [0.2, 0.25) is 0 Å². The van der Waals surface area contributed by atoms with E-state index in [4.69, 9.17) is 4.52 Å². The monoisotopic (exact) mass is 276 g/mol. The summed E-state index contributed by atoms with van der Waals surface area (Å²) < 4.78 is 5.09. The quantitative estimate of drug-likeness (QED) is 0.878. The zero-order valence-corrected chi connectivity index (χ0v) is 11.2. The Morgan fingerprint density at radius 3 is 3.15 bits per heavy atom. The van der Waals surface area contributed by atoms with E-state index >= 15 is 0 Å². The number of carboxylic acid groups (broad SMARTS) is 1. The van der Waals surface area contributed by atoms with Gasteiger partial charge in [-0.25, -0.2) is 4.98 Å². The van der Waals surface area contributed by atoms with Crippen LogP contribution < -0.4 is 5.32 Å². The first kappa shape index (κ1) is 12.8. The molecule has 2 heterocycles. The summed E-state index contributed by atoms with van der Waals surface area (Å²) in [5.74, 6) is -0.172. The van der Waals surface area contributed by atoms with Gasteiger partial charge < -0.3 is 14.9 Å². The number of hydrogen-bond acceptors (Lipinski definition) is 6. The van der Waals surface area contributed by atoms with Crippen molar-refractivity contribution in [3.05, 3.63) is 12.0 Å². The number of fused-ring (bicyclic) bond motifs is 1. The molecule has 0 spiro atoms. The maximum atomic E-state index is 11.2. The third-order valence-corrected chi connectivity index (χ3v) is 3.95. The van der Waals surface area contributed by atoms with Gasteiger partial charge in [0.15, 0.2) is 0 Å². The van der Waals surface area contributed by atoms with E-state index in [0.717, 1.165) is 30.3 Å². The average molecular weight is 276 g/mol. The highest BCUT2D eigenvalue weighted by molar-refractivity contribution is 5.87. The summed E-state index contributed by atoms with van der Waals surface area (Å²) in [5, 5.41) is 17.0. The third-order valence-electron chi connectivity index (χ3n) is 3.95. The molecule has 2 unspecified atom stereocenters. The molecule has 0 amide bonds. The van der Waals surface area contributed by atoms with Crippen molar-refractivity contribution in [2.75, 3.05) is 11.9 Å². The van der Waals surface area contributed by atoms with Crippen LogP contribution in [0.5, 0.6) is 0 Å². The molecule has 106 valence electrons. The molecule has 2 atom stereocenters. The second kappa shape index (κ2) is 5.07. The van der Waals surface area contributed by atoms with Crippen LogP contribution >= 0.6 is 0 Å². The van der Waals surface area contributed by atoms with Gasteiger partial charge in [0.05, 0.1) is 11.6 Å². The third kappa shape index (κ3) is 2.19. The van der Waals surface area contributed by atoms with Crippen molar-refractivity contribution in [1.29, 1.82) is 0 Å². The molecule has 1 aliphatic rings. The first-order valence-corrected chi connectivity index (χ1v) is 6.70. The molecule has 0 aromatic carbocycles. The van der Waals surface area contributed by atoms with E-state index in [1.54, 1.807) is 0 Å². The Morgan fingerprint density at radius 2 is 2.35 bits per heavy atom. The number of rotatable bonds is 4. The topological polar surface area (TPSA) is 101 Å². The summed E-state index contributed by atoms with van der Waals surface area (Å²) in [6.45, 7) is 2.42. The van der Waals surface area contributed by atoms with E-state index < -0.39 is 5.97 Å². The first-order chi connectivity index (χ1) is 9.66. The van der Waals surface area contributed by atoms with Crippen molar-refractivity contribution in [3.63, 3.8) is 0 Å². The molecule has 2 N–H and O–H groups in total. The smallest absolute Gasteiger partial charge is 0.306 e. The Bertz CT molecular complexity index is 640. The number of aryl methyl sites for hydroxylation is 1. The van der Waals surface area contributed by atoms with Gasteiger partial charge in [-0.3, -0.25) is 4.79 Å². The van der Waals surface area contributed by atoms with Crippen molar-refractivity contribution in [3.8, 4) is 0 Å². The molecule has 2 aromatic rings. The van der Waals surface area contributed by atoms with Crippen LogP contribution in [0.1, 0.15) is 25.0 Å². The van der Waals surface area contributed by atoms with Gasteiger partial charge in [-0.05, 0) is 25.7 Å².